The lowest BCUT2D eigenvalue weighted by atomic mass is 10.1. The molecule has 1 aromatic carbocycles. The Morgan fingerprint density at radius 1 is 1.25 bits per heavy atom. The van der Waals surface area contributed by atoms with Crippen molar-refractivity contribution in [3.8, 4) is 11.3 Å². The van der Waals surface area contributed by atoms with Crippen LogP contribution in [0, 0.1) is 10.1 Å². The Morgan fingerprint density at radius 2 is 2.00 bits per heavy atom. The normalized spacial score (nSPS) is 10.2. The van der Waals surface area contributed by atoms with E-state index in [1.165, 1.54) is 6.07 Å². The first kappa shape index (κ1) is 14.0. The van der Waals surface area contributed by atoms with Crippen molar-refractivity contribution in [1.82, 2.24) is 4.98 Å². The van der Waals surface area contributed by atoms with Gasteiger partial charge in [-0.05, 0) is 6.07 Å². The van der Waals surface area contributed by atoms with Gasteiger partial charge in [-0.2, -0.15) is 0 Å². The molecule has 6 nitrogen and oxygen atoms in total. The lowest BCUT2D eigenvalue weighted by Crippen LogP contribution is -2.09. The molecule has 2 aromatic rings. The van der Waals surface area contributed by atoms with E-state index in [-0.39, 0.29) is 5.69 Å². The number of hydrogen-bond acceptors (Lipinski definition) is 5. The number of pyridine rings is 1. The minimum Gasteiger partial charge on any atom is -0.383 e. The maximum atomic E-state index is 11.1. The van der Waals surface area contributed by atoms with E-state index in [1.807, 2.05) is 18.2 Å². The monoisotopic (exact) mass is 273 g/mol. The number of nitrogens with zero attached hydrogens (tertiary/aromatic N) is 2. The highest BCUT2D eigenvalue weighted by molar-refractivity contribution is 5.71. The molecule has 0 spiro atoms. The van der Waals surface area contributed by atoms with E-state index >= 15 is 0 Å². The SMILES string of the molecule is COCCNc1ccc([N+](=O)[O-])c(-c2ccccc2)n1. The second-order valence-corrected chi connectivity index (χ2v) is 4.11. The third kappa shape index (κ3) is 3.30. The first-order valence-corrected chi connectivity index (χ1v) is 6.16. The molecule has 0 saturated heterocycles. The second-order valence-electron chi connectivity index (χ2n) is 4.11. The Bertz CT molecular complexity index is 587. The molecule has 6 heteroatoms. The summed E-state index contributed by atoms with van der Waals surface area (Å²) in [6.07, 6.45) is 0. The highest BCUT2D eigenvalue weighted by Gasteiger charge is 2.17. The van der Waals surface area contributed by atoms with Crippen molar-refractivity contribution in [2.45, 2.75) is 0 Å². The molecule has 0 atom stereocenters. The molecular formula is C14H15N3O3. The molecule has 1 heterocycles. The van der Waals surface area contributed by atoms with Crippen LogP contribution in [0.4, 0.5) is 11.5 Å². The molecule has 20 heavy (non-hydrogen) atoms. The van der Waals surface area contributed by atoms with Gasteiger partial charge in [0.25, 0.3) is 5.69 Å². The standard InChI is InChI=1S/C14H15N3O3/c1-20-10-9-15-13-8-7-12(17(18)19)14(16-13)11-5-3-2-4-6-11/h2-8H,9-10H2,1H3,(H,15,16). The molecular weight excluding hydrogens is 258 g/mol. The Labute approximate surface area is 116 Å². The molecule has 0 radical (unpaired) electrons. The molecule has 1 N–H and O–H groups in total. The number of nitrogens with one attached hydrogen (secondary N) is 1. The summed E-state index contributed by atoms with van der Waals surface area (Å²) in [7, 11) is 1.61. The second kappa shape index (κ2) is 6.63. The molecule has 0 aliphatic carbocycles. The highest BCUT2D eigenvalue weighted by Crippen LogP contribution is 2.28. The van der Waals surface area contributed by atoms with E-state index in [0.29, 0.717) is 24.7 Å². The van der Waals surface area contributed by atoms with Crippen LogP contribution in [0.15, 0.2) is 42.5 Å². The van der Waals surface area contributed by atoms with Crippen LogP contribution in [0.5, 0.6) is 0 Å². The number of aromatic nitrogens is 1. The van der Waals surface area contributed by atoms with Crippen LogP contribution in [0.3, 0.4) is 0 Å². The maximum Gasteiger partial charge on any atom is 0.295 e. The molecule has 2 rings (SSSR count). The third-order valence-corrected chi connectivity index (χ3v) is 2.73. The van der Waals surface area contributed by atoms with Crippen molar-refractivity contribution in [1.29, 1.82) is 0 Å². The van der Waals surface area contributed by atoms with E-state index < -0.39 is 4.92 Å². The lowest BCUT2D eigenvalue weighted by molar-refractivity contribution is -0.384. The topological polar surface area (TPSA) is 77.3 Å². The van der Waals surface area contributed by atoms with Gasteiger partial charge < -0.3 is 10.1 Å². The number of anilines is 1. The van der Waals surface area contributed by atoms with E-state index in [2.05, 4.69) is 10.3 Å². The number of nitro groups is 1. The molecule has 104 valence electrons. The Kier molecular flexibility index (Phi) is 4.62. The summed E-state index contributed by atoms with van der Waals surface area (Å²) in [5.41, 5.74) is 1.07. The largest absolute Gasteiger partial charge is 0.383 e. The number of methoxy groups -OCH3 is 1. The molecule has 1 aromatic heterocycles. The molecule has 0 amide bonds. The first-order valence-electron chi connectivity index (χ1n) is 6.16. The fourth-order valence-corrected chi connectivity index (χ4v) is 1.79. The van der Waals surface area contributed by atoms with E-state index in [9.17, 15) is 10.1 Å². The molecule has 0 aliphatic rings. The minimum atomic E-state index is -0.422. The molecule has 0 saturated carbocycles. The number of ether oxygens (including phenoxy) is 1. The van der Waals surface area contributed by atoms with Gasteiger partial charge in [0.15, 0.2) is 5.69 Å². The van der Waals surface area contributed by atoms with Gasteiger partial charge in [-0.25, -0.2) is 4.98 Å². The fraction of sp³-hybridized carbons (Fsp3) is 0.214. The van der Waals surface area contributed by atoms with Gasteiger partial charge in [-0.3, -0.25) is 10.1 Å². The molecule has 0 fully saturated rings. The first-order chi connectivity index (χ1) is 9.72. The van der Waals surface area contributed by atoms with Crippen LogP contribution >= 0.6 is 0 Å². The van der Waals surface area contributed by atoms with Gasteiger partial charge in [-0.1, -0.05) is 30.3 Å². The van der Waals surface area contributed by atoms with Gasteiger partial charge >= 0.3 is 0 Å². The molecule has 0 unspecified atom stereocenters. The smallest absolute Gasteiger partial charge is 0.295 e. The zero-order valence-corrected chi connectivity index (χ0v) is 11.1. The highest BCUT2D eigenvalue weighted by atomic mass is 16.6. The van der Waals surface area contributed by atoms with Gasteiger partial charge in [0, 0.05) is 25.3 Å². The predicted molar refractivity (Wildman–Crippen MR) is 76.7 cm³/mol. The third-order valence-electron chi connectivity index (χ3n) is 2.73. The van der Waals surface area contributed by atoms with Crippen molar-refractivity contribution >= 4 is 11.5 Å². The quantitative estimate of drug-likeness (QED) is 0.497. The van der Waals surface area contributed by atoms with Crippen LogP contribution in [-0.4, -0.2) is 30.2 Å². The maximum absolute atomic E-state index is 11.1. The average molecular weight is 273 g/mol. The number of hydrogen-bond donors (Lipinski definition) is 1. The zero-order valence-electron chi connectivity index (χ0n) is 11.1. The van der Waals surface area contributed by atoms with Gasteiger partial charge in [-0.15, -0.1) is 0 Å². The van der Waals surface area contributed by atoms with Crippen molar-refractivity contribution < 1.29 is 9.66 Å². The van der Waals surface area contributed by atoms with Crippen molar-refractivity contribution in [2.75, 3.05) is 25.6 Å². The van der Waals surface area contributed by atoms with Crippen molar-refractivity contribution in [2.24, 2.45) is 0 Å². The van der Waals surface area contributed by atoms with Gasteiger partial charge in [0.1, 0.15) is 5.82 Å². The van der Waals surface area contributed by atoms with Crippen molar-refractivity contribution in [3.63, 3.8) is 0 Å². The summed E-state index contributed by atoms with van der Waals surface area (Å²) < 4.78 is 4.94. The average Bonchev–Trinajstić information content (AvgIpc) is 2.48. The van der Waals surface area contributed by atoms with Crippen LogP contribution in [0.2, 0.25) is 0 Å². The lowest BCUT2D eigenvalue weighted by Gasteiger charge is -2.08. The summed E-state index contributed by atoms with van der Waals surface area (Å²) in [5.74, 6) is 0.589. The zero-order chi connectivity index (χ0) is 14.4. The summed E-state index contributed by atoms with van der Waals surface area (Å²) in [4.78, 5) is 15.0. The summed E-state index contributed by atoms with van der Waals surface area (Å²) in [6, 6.07) is 12.2. The summed E-state index contributed by atoms with van der Waals surface area (Å²) >= 11 is 0. The Morgan fingerprint density at radius 3 is 2.65 bits per heavy atom. The Hall–Kier alpha value is -2.47. The van der Waals surface area contributed by atoms with Gasteiger partial charge in [0.05, 0.1) is 11.5 Å². The minimum absolute atomic E-state index is 0.00603. The van der Waals surface area contributed by atoms with Gasteiger partial charge in [0.2, 0.25) is 0 Å². The van der Waals surface area contributed by atoms with Crippen LogP contribution < -0.4 is 5.32 Å². The van der Waals surface area contributed by atoms with Crippen LogP contribution in [-0.2, 0) is 4.74 Å². The van der Waals surface area contributed by atoms with E-state index in [4.69, 9.17) is 4.74 Å². The van der Waals surface area contributed by atoms with Crippen molar-refractivity contribution in [3.05, 3.63) is 52.6 Å². The Balaban J connectivity index is 2.35. The number of benzene rings is 1. The summed E-state index contributed by atoms with van der Waals surface area (Å²) in [6.45, 7) is 1.13. The summed E-state index contributed by atoms with van der Waals surface area (Å²) in [5, 5.41) is 14.2. The molecule has 0 aliphatic heterocycles. The van der Waals surface area contributed by atoms with E-state index in [1.54, 1.807) is 25.3 Å². The predicted octanol–water partition coefficient (Wildman–Crippen LogP) is 2.72. The van der Waals surface area contributed by atoms with Crippen LogP contribution in [0.25, 0.3) is 11.3 Å². The number of rotatable bonds is 6. The van der Waals surface area contributed by atoms with Crippen LogP contribution in [0.1, 0.15) is 0 Å². The molecule has 0 bridgehead atoms. The van der Waals surface area contributed by atoms with E-state index in [0.717, 1.165) is 5.56 Å². The fourth-order valence-electron chi connectivity index (χ4n) is 1.79.